The number of aryl methyl sites for hydroxylation is 1. The molecular formula is C24H28Cl2N2. The highest BCUT2D eigenvalue weighted by Crippen LogP contribution is 2.32. The van der Waals surface area contributed by atoms with Crippen molar-refractivity contribution >= 4 is 23.2 Å². The van der Waals surface area contributed by atoms with Crippen molar-refractivity contribution in [2.24, 2.45) is 0 Å². The van der Waals surface area contributed by atoms with Crippen LogP contribution >= 0.6 is 23.2 Å². The molecule has 148 valence electrons. The van der Waals surface area contributed by atoms with Gasteiger partial charge in [0.2, 0.25) is 0 Å². The number of hydrogen-bond acceptors (Lipinski definition) is 2. The average molecular weight is 415 g/mol. The molecule has 1 heterocycles. The molecule has 0 aromatic heterocycles. The zero-order valence-electron chi connectivity index (χ0n) is 16.6. The maximum Gasteiger partial charge on any atom is 0.0497 e. The summed E-state index contributed by atoms with van der Waals surface area (Å²) in [7, 11) is 0. The third-order valence-electron chi connectivity index (χ3n) is 6.29. The van der Waals surface area contributed by atoms with Gasteiger partial charge in [-0.05, 0) is 73.9 Å². The van der Waals surface area contributed by atoms with Gasteiger partial charge in [0.05, 0.1) is 0 Å². The third kappa shape index (κ3) is 4.10. The lowest BCUT2D eigenvalue weighted by molar-refractivity contribution is 0.185. The first-order chi connectivity index (χ1) is 13.5. The molecule has 1 aliphatic heterocycles. The van der Waals surface area contributed by atoms with E-state index in [-0.39, 0.29) is 6.04 Å². The van der Waals surface area contributed by atoms with E-state index >= 15 is 0 Å². The number of halogens is 2. The molecule has 0 saturated heterocycles. The van der Waals surface area contributed by atoms with Crippen LogP contribution in [-0.4, -0.2) is 24.0 Å². The van der Waals surface area contributed by atoms with Gasteiger partial charge in [-0.25, -0.2) is 0 Å². The van der Waals surface area contributed by atoms with Crippen molar-refractivity contribution in [1.82, 2.24) is 10.2 Å². The monoisotopic (exact) mass is 414 g/mol. The van der Waals surface area contributed by atoms with E-state index in [2.05, 4.69) is 48.3 Å². The van der Waals surface area contributed by atoms with Gasteiger partial charge in [0.15, 0.2) is 0 Å². The van der Waals surface area contributed by atoms with Gasteiger partial charge in [-0.2, -0.15) is 0 Å². The van der Waals surface area contributed by atoms with E-state index in [1.54, 1.807) is 0 Å². The van der Waals surface area contributed by atoms with Crippen LogP contribution in [0.25, 0.3) is 0 Å². The van der Waals surface area contributed by atoms with E-state index in [9.17, 15) is 0 Å². The lowest BCUT2D eigenvalue weighted by atomic mass is 9.86. The van der Waals surface area contributed by atoms with E-state index in [1.165, 1.54) is 28.8 Å². The Kier molecular flexibility index (Phi) is 6.01. The summed E-state index contributed by atoms with van der Waals surface area (Å²) in [5, 5.41) is 5.48. The fraction of sp³-hybridized carbons (Fsp3) is 0.417. The number of rotatable bonds is 4. The van der Waals surface area contributed by atoms with Crippen LogP contribution in [0, 0.1) is 0 Å². The topological polar surface area (TPSA) is 15.3 Å². The highest BCUT2D eigenvalue weighted by molar-refractivity contribution is 6.31. The first-order valence-corrected chi connectivity index (χ1v) is 11.0. The Bertz CT molecular complexity index is 890. The summed E-state index contributed by atoms with van der Waals surface area (Å²) in [6.45, 7) is 6.58. The van der Waals surface area contributed by atoms with Crippen molar-refractivity contribution < 1.29 is 0 Å². The standard InChI is InChI=1S/C24H28Cl2N2/c1-16-15-28(19-11-10-18-6-5-9-23(26)21(18)14-19)13-12-24(16)27-17(2)20-7-3-4-8-22(20)25/h3-9,17,19,27H,10-15H2,1-2H3. The summed E-state index contributed by atoms with van der Waals surface area (Å²) in [6, 6.07) is 15.2. The Hall–Kier alpha value is -1.48. The van der Waals surface area contributed by atoms with Crippen molar-refractivity contribution in [2.75, 3.05) is 13.1 Å². The van der Waals surface area contributed by atoms with Crippen molar-refractivity contribution in [3.8, 4) is 0 Å². The maximum absolute atomic E-state index is 6.48. The van der Waals surface area contributed by atoms with Gasteiger partial charge >= 0.3 is 0 Å². The molecule has 0 radical (unpaired) electrons. The molecule has 2 aromatic rings. The minimum atomic E-state index is 0.213. The van der Waals surface area contributed by atoms with Gasteiger partial charge in [0.25, 0.3) is 0 Å². The second-order valence-corrected chi connectivity index (χ2v) is 8.96. The van der Waals surface area contributed by atoms with Crippen molar-refractivity contribution in [1.29, 1.82) is 0 Å². The molecule has 2 nitrogen and oxygen atoms in total. The summed E-state index contributed by atoms with van der Waals surface area (Å²) in [6.07, 6.45) is 4.49. The van der Waals surface area contributed by atoms with E-state index < -0.39 is 0 Å². The van der Waals surface area contributed by atoms with Crippen LogP contribution in [0.5, 0.6) is 0 Å². The second-order valence-electron chi connectivity index (χ2n) is 8.14. The molecule has 2 unspecified atom stereocenters. The summed E-state index contributed by atoms with van der Waals surface area (Å²) in [5.74, 6) is 0. The predicted molar refractivity (Wildman–Crippen MR) is 119 cm³/mol. The fourth-order valence-corrected chi connectivity index (χ4v) is 5.23. The molecule has 0 spiro atoms. The highest BCUT2D eigenvalue weighted by atomic mass is 35.5. The zero-order valence-corrected chi connectivity index (χ0v) is 18.2. The zero-order chi connectivity index (χ0) is 19.7. The molecule has 4 rings (SSSR count). The quantitative estimate of drug-likeness (QED) is 0.641. The molecule has 28 heavy (non-hydrogen) atoms. The van der Waals surface area contributed by atoms with Crippen LogP contribution in [-0.2, 0) is 12.8 Å². The van der Waals surface area contributed by atoms with Crippen LogP contribution in [0.3, 0.4) is 0 Å². The predicted octanol–water partition coefficient (Wildman–Crippen LogP) is 6.18. The number of benzene rings is 2. The molecule has 2 aromatic carbocycles. The Morgan fingerprint density at radius 2 is 1.82 bits per heavy atom. The summed E-state index contributed by atoms with van der Waals surface area (Å²) in [5.41, 5.74) is 6.76. The fourth-order valence-electron chi connectivity index (χ4n) is 4.66. The average Bonchev–Trinajstić information content (AvgIpc) is 2.70. The van der Waals surface area contributed by atoms with Gasteiger partial charge in [0, 0.05) is 40.9 Å². The molecular weight excluding hydrogens is 387 g/mol. The van der Waals surface area contributed by atoms with Gasteiger partial charge < -0.3 is 5.32 Å². The Labute approximate surface area is 178 Å². The van der Waals surface area contributed by atoms with Crippen LogP contribution in [0.1, 0.15) is 49.4 Å². The largest absolute Gasteiger partial charge is 0.382 e. The summed E-state index contributed by atoms with van der Waals surface area (Å²) < 4.78 is 0. The molecule has 0 amide bonds. The molecule has 0 fully saturated rings. The van der Waals surface area contributed by atoms with Gasteiger partial charge in [-0.1, -0.05) is 53.5 Å². The Morgan fingerprint density at radius 1 is 1.04 bits per heavy atom. The molecule has 0 bridgehead atoms. The first kappa shape index (κ1) is 19.8. The smallest absolute Gasteiger partial charge is 0.0497 e. The highest BCUT2D eigenvalue weighted by Gasteiger charge is 2.28. The van der Waals surface area contributed by atoms with E-state index in [0.29, 0.717) is 6.04 Å². The van der Waals surface area contributed by atoms with Crippen molar-refractivity contribution in [2.45, 2.75) is 51.6 Å². The molecule has 2 aliphatic rings. The summed E-state index contributed by atoms with van der Waals surface area (Å²) >= 11 is 12.9. The lowest BCUT2D eigenvalue weighted by Gasteiger charge is -2.39. The second kappa shape index (κ2) is 8.49. The Balaban J connectivity index is 1.43. The van der Waals surface area contributed by atoms with E-state index in [0.717, 1.165) is 48.0 Å². The minimum Gasteiger partial charge on any atom is -0.382 e. The third-order valence-corrected chi connectivity index (χ3v) is 6.98. The van der Waals surface area contributed by atoms with Crippen molar-refractivity contribution in [3.05, 3.63) is 80.5 Å². The first-order valence-electron chi connectivity index (χ1n) is 10.2. The van der Waals surface area contributed by atoms with Gasteiger partial charge in [0.1, 0.15) is 0 Å². The van der Waals surface area contributed by atoms with Crippen LogP contribution < -0.4 is 5.32 Å². The summed E-state index contributed by atoms with van der Waals surface area (Å²) in [4.78, 5) is 2.65. The SMILES string of the molecule is CC1=C(NC(C)c2ccccc2Cl)CCN(C2CCc3cccc(Cl)c3C2)C1. The lowest BCUT2D eigenvalue weighted by Crippen LogP contribution is -2.44. The number of hydrogen-bond donors (Lipinski definition) is 1. The number of nitrogens with one attached hydrogen (secondary N) is 1. The molecule has 1 N–H and O–H groups in total. The van der Waals surface area contributed by atoms with E-state index in [4.69, 9.17) is 23.2 Å². The van der Waals surface area contributed by atoms with Crippen LogP contribution in [0.2, 0.25) is 10.0 Å². The maximum atomic E-state index is 6.48. The van der Waals surface area contributed by atoms with Gasteiger partial charge in [-0.15, -0.1) is 0 Å². The Morgan fingerprint density at radius 3 is 2.61 bits per heavy atom. The minimum absolute atomic E-state index is 0.213. The molecule has 2 atom stereocenters. The molecule has 0 saturated carbocycles. The molecule has 4 heteroatoms. The number of fused-ring (bicyclic) bond motifs is 1. The van der Waals surface area contributed by atoms with Crippen LogP contribution in [0.15, 0.2) is 53.7 Å². The van der Waals surface area contributed by atoms with Crippen LogP contribution in [0.4, 0.5) is 0 Å². The normalized spacial score (nSPS) is 21.4. The molecule has 1 aliphatic carbocycles. The van der Waals surface area contributed by atoms with Crippen molar-refractivity contribution in [3.63, 3.8) is 0 Å². The van der Waals surface area contributed by atoms with E-state index in [1.807, 2.05) is 18.2 Å². The number of nitrogens with zero attached hydrogens (tertiary/aromatic N) is 1. The van der Waals surface area contributed by atoms with Gasteiger partial charge in [-0.3, -0.25) is 4.90 Å².